The molecule has 0 saturated carbocycles. The average molecular weight is 244 g/mol. The van der Waals surface area contributed by atoms with Gasteiger partial charge < -0.3 is 0 Å². The molecule has 0 unspecified atom stereocenters. The van der Waals surface area contributed by atoms with Crippen LogP contribution in [0.15, 0.2) is 85.0 Å². The molecule has 2 aromatic carbocycles. The predicted molar refractivity (Wildman–Crippen MR) is 82.8 cm³/mol. The second kappa shape index (κ2) is 5.11. The number of rotatable bonds is 2. The Morgan fingerprint density at radius 3 is 2.05 bits per heavy atom. The average Bonchev–Trinajstić information content (AvgIpc) is 2.49. The normalized spacial score (nSPS) is 14.3. The van der Waals surface area contributed by atoms with Crippen molar-refractivity contribution in [2.75, 3.05) is 0 Å². The summed E-state index contributed by atoms with van der Waals surface area (Å²) in [6.07, 6.45) is 7.34. The van der Waals surface area contributed by atoms with Gasteiger partial charge in [-0.05, 0) is 34.3 Å². The Hall–Kier alpha value is -2.34. The Labute approximate surface area is 114 Å². The van der Waals surface area contributed by atoms with Crippen LogP contribution in [-0.4, -0.2) is 0 Å². The largest absolute Gasteiger partial charge is 0.0949 e. The lowest BCUT2D eigenvalue weighted by Crippen LogP contribution is -1.91. The summed E-state index contributed by atoms with van der Waals surface area (Å²) in [5.41, 5.74) is 6.19. The first kappa shape index (κ1) is 11.7. The van der Waals surface area contributed by atoms with Crippen LogP contribution >= 0.6 is 0 Å². The standard InChI is InChI=1S/C19H16/c1-15-7-5-6-10-19(15)18-13-11-17(12-14-18)16-8-3-2-4-9-16/h2-6,8-14H,1,7H2. The number of allylic oxidation sites excluding steroid dienone is 5. The molecule has 0 saturated heterocycles. The fourth-order valence-electron chi connectivity index (χ4n) is 2.38. The van der Waals surface area contributed by atoms with Crippen molar-refractivity contribution in [1.82, 2.24) is 0 Å². The third-order valence-corrected chi connectivity index (χ3v) is 3.45. The van der Waals surface area contributed by atoms with E-state index in [1.54, 1.807) is 0 Å². The van der Waals surface area contributed by atoms with E-state index in [0.29, 0.717) is 0 Å². The van der Waals surface area contributed by atoms with Gasteiger partial charge in [-0.15, -0.1) is 0 Å². The summed E-state index contributed by atoms with van der Waals surface area (Å²) in [5.74, 6) is 0. The first-order chi connectivity index (χ1) is 9.34. The van der Waals surface area contributed by atoms with Gasteiger partial charge in [0.2, 0.25) is 0 Å². The molecule has 19 heavy (non-hydrogen) atoms. The second-order valence-electron chi connectivity index (χ2n) is 4.76. The summed E-state index contributed by atoms with van der Waals surface area (Å²) in [4.78, 5) is 0. The van der Waals surface area contributed by atoms with Crippen molar-refractivity contribution in [3.05, 3.63) is 90.5 Å². The molecule has 0 bridgehead atoms. The molecule has 1 aliphatic carbocycles. The summed E-state index contributed by atoms with van der Waals surface area (Å²) >= 11 is 0. The lowest BCUT2D eigenvalue weighted by Gasteiger charge is -2.13. The highest BCUT2D eigenvalue weighted by molar-refractivity contribution is 5.82. The lowest BCUT2D eigenvalue weighted by molar-refractivity contribution is 1.28. The third-order valence-electron chi connectivity index (χ3n) is 3.45. The summed E-state index contributed by atoms with van der Waals surface area (Å²) in [6.45, 7) is 4.13. The zero-order valence-electron chi connectivity index (χ0n) is 10.8. The van der Waals surface area contributed by atoms with E-state index in [1.807, 2.05) is 6.07 Å². The zero-order valence-corrected chi connectivity index (χ0v) is 10.8. The van der Waals surface area contributed by atoms with Crippen LogP contribution in [-0.2, 0) is 0 Å². The molecular weight excluding hydrogens is 228 g/mol. The van der Waals surface area contributed by atoms with Gasteiger partial charge in [0.05, 0.1) is 0 Å². The van der Waals surface area contributed by atoms with Gasteiger partial charge in [-0.2, -0.15) is 0 Å². The van der Waals surface area contributed by atoms with E-state index < -0.39 is 0 Å². The van der Waals surface area contributed by atoms with Crippen LogP contribution in [0.1, 0.15) is 12.0 Å². The topological polar surface area (TPSA) is 0 Å². The zero-order chi connectivity index (χ0) is 13.1. The van der Waals surface area contributed by atoms with Crippen LogP contribution in [0.5, 0.6) is 0 Å². The molecule has 0 fully saturated rings. The molecule has 0 heteroatoms. The highest BCUT2D eigenvalue weighted by Gasteiger charge is 2.07. The van der Waals surface area contributed by atoms with E-state index in [0.717, 1.165) is 6.42 Å². The summed E-state index contributed by atoms with van der Waals surface area (Å²) in [6, 6.07) is 19.2. The maximum atomic E-state index is 4.13. The molecule has 0 amide bonds. The number of benzene rings is 2. The molecule has 0 nitrogen and oxygen atoms in total. The Kier molecular flexibility index (Phi) is 3.16. The van der Waals surface area contributed by atoms with Crippen molar-refractivity contribution >= 4 is 5.57 Å². The van der Waals surface area contributed by atoms with Gasteiger partial charge in [0.15, 0.2) is 0 Å². The minimum absolute atomic E-state index is 0.951. The molecule has 2 aromatic rings. The smallest absolute Gasteiger partial charge is 0.00940 e. The summed E-state index contributed by atoms with van der Waals surface area (Å²) < 4.78 is 0. The molecule has 0 atom stereocenters. The van der Waals surface area contributed by atoms with Gasteiger partial charge in [0, 0.05) is 0 Å². The van der Waals surface area contributed by atoms with Crippen molar-refractivity contribution in [2.45, 2.75) is 6.42 Å². The maximum absolute atomic E-state index is 4.13. The Morgan fingerprint density at radius 2 is 1.37 bits per heavy atom. The Bertz CT molecular complexity index is 640. The van der Waals surface area contributed by atoms with E-state index in [2.05, 4.69) is 73.3 Å². The SMILES string of the molecule is C=C1CC=CC=C1c1ccc(-c2ccccc2)cc1. The molecule has 0 N–H and O–H groups in total. The van der Waals surface area contributed by atoms with Crippen LogP contribution in [0.3, 0.4) is 0 Å². The fraction of sp³-hybridized carbons (Fsp3) is 0.0526. The first-order valence-electron chi connectivity index (χ1n) is 6.55. The van der Waals surface area contributed by atoms with Crippen LogP contribution in [0, 0.1) is 0 Å². The van der Waals surface area contributed by atoms with E-state index in [4.69, 9.17) is 0 Å². The van der Waals surface area contributed by atoms with E-state index >= 15 is 0 Å². The summed E-state index contributed by atoms with van der Waals surface area (Å²) in [5, 5.41) is 0. The van der Waals surface area contributed by atoms with Crippen LogP contribution in [0.25, 0.3) is 16.7 Å². The highest BCUT2D eigenvalue weighted by Crippen LogP contribution is 2.29. The predicted octanol–water partition coefficient (Wildman–Crippen LogP) is 5.25. The van der Waals surface area contributed by atoms with Crippen LogP contribution < -0.4 is 0 Å². The van der Waals surface area contributed by atoms with Crippen molar-refractivity contribution in [3.8, 4) is 11.1 Å². The minimum Gasteiger partial charge on any atom is -0.0949 e. The fourth-order valence-corrected chi connectivity index (χ4v) is 2.38. The van der Waals surface area contributed by atoms with Gasteiger partial charge in [-0.1, -0.05) is 79.4 Å². The minimum atomic E-state index is 0.951. The van der Waals surface area contributed by atoms with Crippen LogP contribution in [0.2, 0.25) is 0 Å². The van der Waals surface area contributed by atoms with Gasteiger partial charge in [0.25, 0.3) is 0 Å². The van der Waals surface area contributed by atoms with Crippen molar-refractivity contribution in [1.29, 1.82) is 0 Å². The third kappa shape index (κ3) is 2.43. The van der Waals surface area contributed by atoms with Gasteiger partial charge >= 0.3 is 0 Å². The van der Waals surface area contributed by atoms with E-state index in [1.165, 1.54) is 27.8 Å². The first-order valence-corrected chi connectivity index (χ1v) is 6.55. The quantitative estimate of drug-likeness (QED) is 0.676. The molecule has 92 valence electrons. The number of hydrogen-bond donors (Lipinski definition) is 0. The molecule has 0 heterocycles. The van der Waals surface area contributed by atoms with Crippen LogP contribution in [0.4, 0.5) is 0 Å². The highest BCUT2D eigenvalue weighted by atomic mass is 14.1. The van der Waals surface area contributed by atoms with E-state index in [-0.39, 0.29) is 0 Å². The van der Waals surface area contributed by atoms with Gasteiger partial charge in [-0.25, -0.2) is 0 Å². The molecule has 0 spiro atoms. The van der Waals surface area contributed by atoms with Gasteiger partial charge in [-0.3, -0.25) is 0 Å². The molecule has 0 aromatic heterocycles. The molecule has 1 aliphatic rings. The van der Waals surface area contributed by atoms with Crippen molar-refractivity contribution in [2.24, 2.45) is 0 Å². The maximum Gasteiger partial charge on any atom is -0.00940 e. The Morgan fingerprint density at radius 1 is 0.737 bits per heavy atom. The second-order valence-corrected chi connectivity index (χ2v) is 4.76. The monoisotopic (exact) mass is 244 g/mol. The molecule has 0 aliphatic heterocycles. The van der Waals surface area contributed by atoms with Gasteiger partial charge in [0.1, 0.15) is 0 Å². The van der Waals surface area contributed by atoms with Crippen molar-refractivity contribution < 1.29 is 0 Å². The molecule has 3 rings (SSSR count). The lowest BCUT2D eigenvalue weighted by atomic mass is 9.92. The number of hydrogen-bond acceptors (Lipinski definition) is 0. The summed E-state index contributed by atoms with van der Waals surface area (Å²) in [7, 11) is 0. The van der Waals surface area contributed by atoms with Crippen molar-refractivity contribution in [3.63, 3.8) is 0 Å². The molecule has 0 radical (unpaired) electrons. The molecular formula is C19H16. The Balaban J connectivity index is 1.93. The van der Waals surface area contributed by atoms with E-state index in [9.17, 15) is 0 Å².